The van der Waals surface area contributed by atoms with Gasteiger partial charge in [0.1, 0.15) is 0 Å². The molecular weight excluding hydrogens is 234 g/mol. The third-order valence-electron chi connectivity index (χ3n) is 4.38. The van der Waals surface area contributed by atoms with Crippen LogP contribution in [0.4, 0.5) is 0 Å². The molecule has 1 aliphatic rings. The van der Waals surface area contributed by atoms with Crippen molar-refractivity contribution in [1.82, 2.24) is 15.1 Å². The van der Waals surface area contributed by atoms with Crippen LogP contribution in [0.25, 0.3) is 0 Å². The molecule has 2 rings (SSSR count). The zero-order chi connectivity index (χ0) is 13.5. The molecule has 1 heterocycles. The number of likely N-dealkylation sites (N-methyl/N-ethyl adjacent to an activating group) is 1. The maximum absolute atomic E-state index is 4.37. The summed E-state index contributed by atoms with van der Waals surface area (Å²) >= 11 is 0. The van der Waals surface area contributed by atoms with Crippen molar-refractivity contribution in [2.45, 2.75) is 71.4 Å². The van der Waals surface area contributed by atoms with E-state index in [-0.39, 0.29) is 0 Å². The lowest BCUT2D eigenvalue weighted by Gasteiger charge is -2.19. The lowest BCUT2D eigenvalue weighted by atomic mass is 9.96. The van der Waals surface area contributed by atoms with Gasteiger partial charge in [0.2, 0.25) is 0 Å². The second kappa shape index (κ2) is 7.68. The molecule has 3 nitrogen and oxygen atoms in total. The van der Waals surface area contributed by atoms with Crippen LogP contribution in [0.5, 0.6) is 0 Å². The van der Waals surface area contributed by atoms with Crippen LogP contribution < -0.4 is 5.32 Å². The molecule has 0 bridgehead atoms. The number of hydrogen-bond donors (Lipinski definition) is 1. The Morgan fingerprint density at radius 2 is 2.16 bits per heavy atom. The minimum Gasteiger partial charge on any atom is -0.314 e. The molecule has 0 radical (unpaired) electrons. The fourth-order valence-corrected chi connectivity index (χ4v) is 3.27. The summed E-state index contributed by atoms with van der Waals surface area (Å²) in [6.45, 7) is 6.38. The Bertz CT molecular complexity index is 353. The lowest BCUT2D eigenvalue weighted by Crippen LogP contribution is -2.31. The molecule has 0 aliphatic heterocycles. The Labute approximate surface area is 117 Å². The van der Waals surface area contributed by atoms with Crippen LogP contribution in [0.3, 0.4) is 0 Å². The Morgan fingerprint density at radius 1 is 1.37 bits per heavy atom. The molecule has 1 fully saturated rings. The molecule has 1 aliphatic carbocycles. The van der Waals surface area contributed by atoms with Crippen LogP contribution in [0.15, 0.2) is 12.4 Å². The van der Waals surface area contributed by atoms with Gasteiger partial charge in [-0.05, 0) is 44.2 Å². The first-order valence-corrected chi connectivity index (χ1v) is 8.06. The van der Waals surface area contributed by atoms with E-state index in [0.29, 0.717) is 6.04 Å². The van der Waals surface area contributed by atoms with Gasteiger partial charge in [-0.1, -0.05) is 32.6 Å². The van der Waals surface area contributed by atoms with Gasteiger partial charge in [0, 0.05) is 18.8 Å². The normalized spacial score (nSPS) is 18.0. The first-order valence-electron chi connectivity index (χ1n) is 8.06. The van der Waals surface area contributed by atoms with Crippen molar-refractivity contribution >= 4 is 0 Å². The van der Waals surface area contributed by atoms with E-state index in [1.54, 1.807) is 0 Å². The molecule has 0 saturated heterocycles. The monoisotopic (exact) mass is 263 g/mol. The number of nitrogens with zero attached hydrogens (tertiary/aromatic N) is 2. The van der Waals surface area contributed by atoms with E-state index >= 15 is 0 Å². The molecule has 1 aromatic rings. The minimum absolute atomic E-state index is 0.625. The third kappa shape index (κ3) is 4.64. The summed E-state index contributed by atoms with van der Waals surface area (Å²) < 4.78 is 2.02. The predicted molar refractivity (Wildman–Crippen MR) is 80.3 cm³/mol. The minimum atomic E-state index is 0.625. The van der Waals surface area contributed by atoms with Crippen molar-refractivity contribution in [3.8, 4) is 0 Å². The number of aryl methyl sites for hydroxylation is 1. The van der Waals surface area contributed by atoms with Crippen molar-refractivity contribution in [2.24, 2.45) is 5.92 Å². The van der Waals surface area contributed by atoms with Crippen molar-refractivity contribution in [1.29, 1.82) is 0 Å². The van der Waals surface area contributed by atoms with Crippen LogP contribution >= 0.6 is 0 Å². The summed E-state index contributed by atoms with van der Waals surface area (Å²) in [5, 5.41) is 8.02. The Hall–Kier alpha value is -0.830. The molecule has 3 heteroatoms. The van der Waals surface area contributed by atoms with Gasteiger partial charge in [-0.3, -0.25) is 4.68 Å². The maximum Gasteiger partial charge on any atom is 0.0522 e. The van der Waals surface area contributed by atoms with Gasteiger partial charge in [-0.15, -0.1) is 0 Å². The molecule has 1 N–H and O–H groups in total. The van der Waals surface area contributed by atoms with Gasteiger partial charge in [0.05, 0.1) is 6.20 Å². The summed E-state index contributed by atoms with van der Waals surface area (Å²) in [5.74, 6) is 1.000. The zero-order valence-electron chi connectivity index (χ0n) is 12.6. The molecule has 1 unspecified atom stereocenters. The molecule has 1 atom stereocenters. The largest absolute Gasteiger partial charge is 0.314 e. The fraction of sp³-hybridized carbons (Fsp3) is 0.812. The summed E-state index contributed by atoms with van der Waals surface area (Å²) in [4.78, 5) is 0. The molecule has 0 aromatic carbocycles. The second-order valence-electron chi connectivity index (χ2n) is 5.89. The predicted octanol–water partition coefficient (Wildman–Crippen LogP) is 3.39. The summed E-state index contributed by atoms with van der Waals surface area (Å²) in [5.41, 5.74) is 1.37. The Morgan fingerprint density at radius 3 is 2.79 bits per heavy atom. The highest BCUT2D eigenvalue weighted by Gasteiger charge is 2.17. The van der Waals surface area contributed by atoms with E-state index in [0.717, 1.165) is 25.4 Å². The molecule has 0 amide bonds. The van der Waals surface area contributed by atoms with Gasteiger partial charge in [0.25, 0.3) is 0 Å². The number of rotatable bonds is 8. The fourth-order valence-electron chi connectivity index (χ4n) is 3.27. The van der Waals surface area contributed by atoms with Crippen molar-refractivity contribution in [2.75, 3.05) is 6.54 Å². The van der Waals surface area contributed by atoms with Crippen LogP contribution in [0.2, 0.25) is 0 Å². The molecule has 1 saturated carbocycles. The van der Waals surface area contributed by atoms with Crippen molar-refractivity contribution < 1.29 is 0 Å². The topological polar surface area (TPSA) is 29.9 Å². The maximum atomic E-state index is 4.37. The second-order valence-corrected chi connectivity index (χ2v) is 5.89. The van der Waals surface area contributed by atoms with Gasteiger partial charge in [0.15, 0.2) is 0 Å². The van der Waals surface area contributed by atoms with E-state index in [1.807, 2.05) is 10.9 Å². The Balaban J connectivity index is 1.80. The van der Waals surface area contributed by atoms with Crippen LogP contribution in [-0.2, 0) is 13.0 Å². The lowest BCUT2D eigenvalue weighted by molar-refractivity contribution is 0.407. The van der Waals surface area contributed by atoms with Crippen LogP contribution in [0, 0.1) is 5.92 Å². The van der Waals surface area contributed by atoms with E-state index in [9.17, 15) is 0 Å². The third-order valence-corrected chi connectivity index (χ3v) is 4.38. The first-order chi connectivity index (χ1) is 9.31. The number of hydrogen-bond acceptors (Lipinski definition) is 2. The highest BCUT2D eigenvalue weighted by molar-refractivity contribution is 5.06. The van der Waals surface area contributed by atoms with Crippen LogP contribution in [-0.4, -0.2) is 22.4 Å². The first kappa shape index (κ1) is 14.6. The smallest absolute Gasteiger partial charge is 0.0522 e. The summed E-state index contributed by atoms with van der Waals surface area (Å²) in [6.07, 6.45) is 13.9. The van der Waals surface area contributed by atoms with E-state index < -0.39 is 0 Å². The van der Waals surface area contributed by atoms with E-state index in [1.165, 1.54) is 44.1 Å². The average molecular weight is 263 g/mol. The molecule has 108 valence electrons. The molecule has 0 spiro atoms. The Kier molecular flexibility index (Phi) is 5.90. The van der Waals surface area contributed by atoms with Crippen LogP contribution in [0.1, 0.15) is 57.9 Å². The quantitative estimate of drug-likeness (QED) is 0.779. The number of aromatic nitrogens is 2. The van der Waals surface area contributed by atoms with E-state index in [2.05, 4.69) is 30.5 Å². The molecule has 19 heavy (non-hydrogen) atoms. The zero-order valence-corrected chi connectivity index (χ0v) is 12.6. The summed E-state index contributed by atoms with van der Waals surface area (Å²) in [7, 11) is 0. The van der Waals surface area contributed by atoms with Crippen molar-refractivity contribution in [3.63, 3.8) is 0 Å². The van der Waals surface area contributed by atoms with Crippen molar-refractivity contribution in [3.05, 3.63) is 18.0 Å². The average Bonchev–Trinajstić information content (AvgIpc) is 3.07. The standard InChI is InChI=1S/C16H29N3/c1-3-17-16(10-9-14-7-5-6-8-14)11-15-12-18-19(4-2)13-15/h12-14,16-17H,3-11H2,1-2H3. The van der Waals surface area contributed by atoms with Gasteiger partial charge in [-0.2, -0.15) is 5.10 Å². The van der Waals surface area contributed by atoms with Gasteiger partial charge < -0.3 is 5.32 Å². The van der Waals surface area contributed by atoms with Gasteiger partial charge in [-0.25, -0.2) is 0 Å². The number of nitrogens with one attached hydrogen (secondary N) is 1. The van der Waals surface area contributed by atoms with Gasteiger partial charge >= 0.3 is 0 Å². The molecular formula is C16H29N3. The highest BCUT2D eigenvalue weighted by Crippen LogP contribution is 2.29. The highest BCUT2D eigenvalue weighted by atomic mass is 15.3. The van der Waals surface area contributed by atoms with E-state index in [4.69, 9.17) is 0 Å². The SMILES string of the molecule is CCNC(CCC1CCCC1)Cc1cnn(CC)c1. The summed E-state index contributed by atoms with van der Waals surface area (Å²) in [6, 6.07) is 0.625. The molecule has 1 aromatic heterocycles.